The minimum absolute atomic E-state index is 0.0168. The molecule has 2 amide bonds. The molecular weight excluding hydrogens is 471 g/mol. The highest BCUT2D eigenvalue weighted by Gasteiger charge is 2.16. The van der Waals surface area contributed by atoms with Crippen LogP contribution in [0.2, 0.25) is 0 Å². The Morgan fingerprint density at radius 1 is 0.946 bits per heavy atom. The number of carbonyl (C=O) groups excluding carboxylic acids is 2. The standard InChI is InChI=1S/C28H25FN6O2/c29-21-11-13-24-23(15-21)22(27(32-24)20-9-5-2-6-10-20)12-14-25(36)33-28-31-18-35(34-28)17-26(37)30-16-19-7-3-1-4-8-19/h1-11,13,15,18,32H,12,14,16-17H2,(H,30,37)(H,33,34,36). The zero-order chi connectivity index (χ0) is 25.6. The zero-order valence-electron chi connectivity index (χ0n) is 19.9. The van der Waals surface area contributed by atoms with E-state index in [1.165, 1.54) is 23.1 Å². The summed E-state index contributed by atoms with van der Waals surface area (Å²) in [6.45, 7) is 0.401. The van der Waals surface area contributed by atoms with E-state index in [4.69, 9.17) is 0 Å². The number of aromatic nitrogens is 4. The number of rotatable bonds is 9. The summed E-state index contributed by atoms with van der Waals surface area (Å²) in [6.07, 6.45) is 1.94. The van der Waals surface area contributed by atoms with Crippen molar-refractivity contribution >= 4 is 28.7 Å². The first-order valence-electron chi connectivity index (χ1n) is 11.9. The molecular formula is C28H25FN6O2. The lowest BCUT2D eigenvalue weighted by Gasteiger charge is -2.06. The number of fused-ring (bicyclic) bond motifs is 1. The molecule has 0 bridgehead atoms. The number of hydrogen-bond acceptors (Lipinski definition) is 4. The molecule has 0 radical (unpaired) electrons. The third-order valence-electron chi connectivity index (χ3n) is 5.96. The van der Waals surface area contributed by atoms with Crippen LogP contribution in [-0.2, 0) is 29.1 Å². The summed E-state index contributed by atoms with van der Waals surface area (Å²) in [5.74, 6) is -0.712. The Kier molecular flexibility index (Phi) is 7.02. The molecule has 2 aromatic heterocycles. The molecule has 0 saturated carbocycles. The number of carbonyl (C=O) groups is 2. The Labute approximate surface area is 212 Å². The number of benzene rings is 3. The first-order chi connectivity index (χ1) is 18.0. The van der Waals surface area contributed by atoms with Crippen LogP contribution in [0.4, 0.5) is 10.3 Å². The van der Waals surface area contributed by atoms with Gasteiger partial charge >= 0.3 is 0 Å². The molecule has 5 rings (SSSR count). The van der Waals surface area contributed by atoms with E-state index in [1.807, 2.05) is 60.7 Å². The highest BCUT2D eigenvalue weighted by atomic mass is 19.1. The molecule has 0 spiro atoms. The molecule has 0 aliphatic heterocycles. The van der Waals surface area contributed by atoms with Gasteiger partial charge in [0.25, 0.3) is 0 Å². The van der Waals surface area contributed by atoms with Crippen LogP contribution in [0.15, 0.2) is 85.2 Å². The van der Waals surface area contributed by atoms with E-state index in [0.717, 1.165) is 33.3 Å². The van der Waals surface area contributed by atoms with Crippen molar-refractivity contribution in [3.05, 3.63) is 102 Å². The van der Waals surface area contributed by atoms with Crippen molar-refractivity contribution in [1.82, 2.24) is 25.1 Å². The minimum atomic E-state index is -0.334. The van der Waals surface area contributed by atoms with Crippen LogP contribution in [0, 0.1) is 5.82 Å². The van der Waals surface area contributed by atoms with Crippen LogP contribution in [0.25, 0.3) is 22.2 Å². The quantitative estimate of drug-likeness (QED) is 0.280. The third-order valence-corrected chi connectivity index (χ3v) is 5.96. The average molecular weight is 497 g/mol. The van der Waals surface area contributed by atoms with Crippen LogP contribution in [0.1, 0.15) is 17.5 Å². The lowest BCUT2D eigenvalue weighted by atomic mass is 10.0. The van der Waals surface area contributed by atoms with Crippen LogP contribution < -0.4 is 10.6 Å². The van der Waals surface area contributed by atoms with Gasteiger partial charge in [0, 0.05) is 29.6 Å². The van der Waals surface area contributed by atoms with Gasteiger partial charge in [0.05, 0.1) is 0 Å². The SMILES string of the molecule is O=C(Cn1cnc(NC(=O)CCc2c(-c3ccccc3)[nH]c3ccc(F)cc23)n1)NCc1ccccc1. The molecule has 0 aliphatic carbocycles. The maximum Gasteiger partial charge on any atom is 0.248 e. The summed E-state index contributed by atoms with van der Waals surface area (Å²) in [5, 5.41) is 10.4. The summed E-state index contributed by atoms with van der Waals surface area (Å²) < 4.78 is 15.4. The van der Waals surface area contributed by atoms with Gasteiger partial charge < -0.3 is 10.3 Å². The van der Waals surface area contributed by atoms with Gasteiger partial charge in [-0.15, -0.1) is 5.10 Å². The summed E-state index contributed by atoms with van der Waals surface area (Å²) in [5.41, 5.74) is 4.49. The molecule has 0 fully saturated rings. The lowest BCUT2D eigenvalue weighted by molar-refractivity contribution is -0.122. The number of aromatic amines is 1. The second-order valence-corrected chi connectivity index (χ2v) is 8.61. The summed E-state index contributed by atoms with van der Waals surface area (Å²) in [4.78, 5) is 32.3. The highest BCUT2D eigenvalue weighted by Crippen LogP contribution is 2.31. The van der Waals surface area contributed by atoms with Crippen LogP contribution in [-0.4, -0.2) is 31.6 Å². The summed E-state index contributed by atoms with van der Waals surface area (Å²) in [6, 6.07) is 23.9. The Morgan fingerprint density at radius 3 is 2.49 bits per heavy atom. The fourth-order valence-electron chi connectivity index (χ4n) is 4.18. The average Bonchev–Trinajstić information content (AvgIpc) is 3.50. The maximum atomic E-state index is 14.0. The number of nitrogens with zero attached hydrogens (tertiary/aromatic N) is 3. The van der Waals surface area contributed by atoms with Crippen molar-refractivity contribution < 1.29 is 14.0 Å². The molecule has 3 aromatic carbocycles. The molecule has 0 aliphatic rings. The molecule has 5 aromatic rings. The second-order valence-electron chi connectivity index (χ2n) is 8.61. The Balaban J connectivity index is 1.20. The number of H-pyrrole nitrogens is 1. The lowest BCUT2D eigenvalue weighted by Crippen LogP contribution is -2.27. The molecule has 0 saturated heterocycles. The van der Waals surface area contributed by atoms with Crippen molar-refractivity contribution in [2.24, 2.45) is 0 Å². The molecule has 2 heterocycles. The van der Waals surface area contributed by atoms with Crippen molar-refractivity contribution in [1.29, 1.82) is 0 Å². The first-order valence-corrected chi connectivity index (χ1v) is 11.9. The van der Waals surface area contributed by atoms with Crippen molar-refractivity contribution in [2.45, 2.75) is 25.9 Å². The second kappa shape index (κ2) is 10.9. The van der Waals surface area contributed by atoms with Crippen LogP contribution in [0.5, 0.6) is 0 Å². The first kappa shape index (κ1) is 23.9. The molecule has 8 nitrogen and oxygen atoms in total. The zero-order valence-corrected chi connectivity index (χ0v) is 19.9. The summed E-state index contributed by atoms with van der Waals surface area (Å²) in [7, 11) is 0. The van der Waals surface area contributed by atoms with Crippen LogP contribution >= 0.6 is 0 Å². The molecule has 186 valence electrons. The number of amides is 2. The van der Waals surface area contributed by atoms with E-state index < -0.39 is 0 Å². The Morgan fingerprint density at radius 2 is 1.70 bits per heavy atom. The number of aryl methyl sites for hydroxylation is 1. The van der Waals surface area contributed by atoms with E-state index >= 15 is 0 Å². The summed E-state index contributed by atoms with van der Waals surface area (Å²) >= 11 is 0. The van der Waals surface area contributed by atoms with Gasteiger partial charge in [0.2, 0.25) is 17.8 Å². The van der Waals surface area contributed by atoms with Gasteiger partial charge in [0.15, 0.2) is 0 Å². The monoisotopic (exact) mass is 496 g/mol. The molecule has 0 atom stereocenters. The predicted molar refractivity (Wildman–Crippen MR) is 139 cm³/mol. The van der Waals surface area contributed by atoms with Gasteiger partial charge in [-0.05, 0) is 41.3 Å². The van der Waals surface area contributed by atoms with E-state index in [-0.39, 0.29) is 36.5 Å². The minimum Gasteiger partial charge on any atom is -0.354 e. The highest BCUT2D eigenvalue weighted by molar-refractivity contribution is 5.93. The number of nitrogens with one attached hydrogen (secondary N) is 3. The number of hydrogen-bond donors (Lipinski definition) is 3. The number of anilines is 1. The van der Waals surface area contributed by atoms with Crippen molar-refractivity contribution in [3.63, 3.8) is 0 Å². The van der Waals surface area contributed by atoms with Crippen molar-refractivity contribution in [2.75, 3.05) is 5.32 Å². The number of halogens is 1. The Hall–Kier alpha value is -4.79. The fraction of sp³-hybridized carbons (Fsp3) is 0.143. The largest absolute Gasteiger partial charge is 0.354 e. The van der Waals surface area contributed by atoms with E-state index in [1.54, 1.807) is 6.07 Å². The van der Waals surface area contributed by atoms with Gasteiger partial charge in [-0.2, -0.15) is 0 Å². The van der Waals surface area contributed by atoms with Gasteiger partial charge in [-0.25, -0.2) is 14.1 Å². The maximum absolute atomic E-state index is 14.0. The fourth-order valence-corrected chi connectivity index (χ4v) is 4.18. The van der Waals surface area contributed by atoms with E-state index in [0.29, 0.717) is 13.0 Å². The third kappa shape index (κ3) is 5.90. The van der Waals surface area contributed by atoms with E-state index in [9.17, 15) is 14.0 Å². The normalized spacial score (nSPS) is 10.9. The Bertz CT molecular complexity index is 1530. The smallest absolute Gasteiger partial charge is 0.248 e. The molecule has 37 heavy (non-hydrogen) atoms. The van der Waals surface area contributed by atoms with Crippen molar-refractivity contribution in [3.8, 4) is 11.3 Å². The molecule has 9 heteroatoms. The molecule has 0 unspecified atom stereocenters. The van der Waals surface area contributed by atoms with Gasteiger partial charge in [-0.1, -0.05) is 60.7 Å². The topological polar surface area (TPSA) is 105 Å². The predicted octanol–water partition coefficient (Wildman–Crippen LogP) is 4.45. The van der Waals surface area contributed by atoms with Gasteiger partial charge in [-0.3, -0.25) is 14.9 Å². The van der Waals surface area contributed by atoms with Gasteiger partial charge in [0.1, 0.15) is 18.7 Å². The van der Waals surface area contributed by atoms with E-state index in [2.05, 4.69) is 25.7 Å². The molecule has 3 N–H and O–H groups in total. The van der Waals surface area contributed by atoms with Crippen LogP contribution in [0.3, 0.4) is 0 Å².